The van der Waals surface area contributed by atoms with Crippen molar-refractivity contribution in [2.24, 2.45) is 0 Å². The lowest BCUT2D eigenvalue weighted by molar-refractivity contribution is 0.313. The number of aryl methyl sites for hydroxylation is 2. The Morgan fingerprint density at radius 3 is 2.41 bits per heavy atom. The summed E-state index contributed by atoms with van der Waals surface area (Å²) in [7, 11) is -1.51. The molecule has 0 amide bonds. The SMILES string of the molecule is CN1CCN(c2ccc(NS(=O)(=O)c3ccc4c(c3)CCCC4)nc2)CC1. The lowest BCUT2D eigenvalue weighted by atomic mass is 9.92. The number of piperazine rings is 1. The van der Waals surface area contributed by atoms with Gasteiger partial charge in [-0.05, 0) is 68.1 Å². The number of anilines is 2. The average molecular weight is 387 g/mol. The van der Waals surface area contributed by atoms with Crippen molar-refractivity contribution in [3.05, 3.63) is 47.7 Å². The molecule has 6 nitrogen and oxygen atoms in total. The van der Waals surface area contributed by atoms with Crippen LogP contribution in [-0.4, -0.2) is 51.5 Å². The first-order valence-electron chi connectivity index (χ1n) is 9.55. The highest BCUT2D eigenvalue weighted by molar-refractivity contribution is 7.92. The molecule has 1 fully saturated rings. The van der Waals surface area contributed by atoms with Gasteiger partial charge in [0.1, 0.15) is 5.82 Å². The Bertz CT molecular complexity index is 904. The summed E-state index contributed by atoms with van der Waals surface area (Å²) < 4.78 is 28.1. The van der Waals surface area contributed by atoms with Crippen LogP contribution in [0.1, 0.15) is 24.0 Å². The normalized spacial score (nSPS) is 18.2. The number of likely N-dealkylation sites (N-methyl/N-ethyl adjacent to an activating group) is 1. The van der Waals surface area contributed by atoms with Crippen LogP contribution in [0.3, 0.4) is 0 Å². The van der Waals surface area contributed by atoms with Gasteiger partial charge in [0.05, 0.1) is 16.8 Å². The average Bonchev–Trinajstić information content (AvgIpc) is 2.68. The number of fused-ring (bicyclic) bond motifs is 1. The molecule has 144 valence electrons. The number of nitrogens with zero attached hydrogens (tertiary/aromatic N) is 3. The van der Waals surface area contributed by atoms with E-state index in [0.717, 1.165) is 56.7 Å². The minimum Gasteiger partial charge on any atom is -0.368 e. The molecule has 1 N–H and O–H groups in total. The van der Waals surface area contributed by atoms with Gasteiger partial charge in [0.25, 0.3) is 10.0 Å². The van der Waals surface area contributed by atoms with Gasteiger partial charge < -0.3 is 9.80 Å². The van der Waals surface area contributed by atoms with E-state index in [4.69, 9.17) is 0 Å². The second kappa shape index (κ2) is 7.48. The van der Waals surface area contributed by atoms with Gasteiger partial charge in [-0.3, -0.25) is 4.72 Å². The van der Waals surface area contributed by atoms with Gasteiger partial charge in [0.2, 0.25) is 0 Å². The topological polar surface area (TPSA) is 65.5 Å². The van der Waals surface area contributed by atoms with E-state index in [1.54, 1.807) is 18.3 Å². The number of aromatic nitrogens is 1. The maximum atomic E-state index is 12.7. The Morgan fingerprint density at radius 1 is 0.963 bits per heavy atom. The van der Waals surface area contributed by atoms with Gasteiger partial charge in [0, 0.05) is 26.2 Å². The van der Waals surface area contributed by atoms with Crippen molar-refractivity contribution in [3.63, 3.8) is 0 Å². The maximum absolute atomic E-state index is 12.7. The largest absolute Gasteiger partial charge is 0.368 e. The van der Waals surface area contributed by atoms with Crippen molar-refractivity contribution in [2.45, 2.75) is 30.6 Å². The van der Waals surface area contributed by atoms with Crippen LogP contribution in [0.2, 0.25) is 0 Å². The van der Waals surface area contributed by atoms with Gasteiger partial charge in [-0.25, -0.2) is 13.4 Å². The van der Waals surface area contributed by atoms with Crippen LogP contribution in [0.15, 0.2) is 41.4 Å². The first kappa shape index (κ1) is 18.3. The summed E-state index contributed by atoms with van der Waals surface area (Å²) in [6, 6.07) is 9.14. The fourth-order valence-corrected chi connectivity index (χ4v) is 4.83. The number of benzene rings is 1. The summed E-state index contributed by atoms with van der Waals surface area (Å²) >= 11 is 0. The molecule has 1 aromatic carbocycles. The lowest BCUT2D eigenvalue weighted by Gasteiger charge is -2.33. The Hall–Kier alpha value is -2.12. The monoisotopic (exact) mass is 386 g/mol. The molecule has 0 spiro atoms. The van der Waals surface area contributed by atoms with Crippen LogP contribution >= 0.6 is 0 Å². The van der Waals surface area contributed by atoms with Gasteiger partial charge >= 0.3 is 0 Å². The number of hydrogen-bond acceptors (Lipinski definition) is 5. The Labute approximate surface area is 161 Å². The summed E-state index contributed by atoms with van der Waals surface area (Å²) in [5.41, 5.74) is 3.46. The molecule has 0 radical (unpaired) electrons. The van der Waals surface area contributed by atoms with Gasteiger partial charge in [-0.2, -0.15) is 0 Å². The third-order valence-electron chi connectivity index (χ3n) is 5.49. The van der Waals surface area contributed by atoms with Crippen LogP contribution in [0.4, 0.5) is 11.5 Å². The van der Waals surface area contributed by atoms with E-state index in [0.29, 0.717) is 10.7 Å². The fourth-order valence-electron chi connectivity index (χ4n) is 3.77. The third kappa shape index (κ3) is 4.09. The third-order valence-corrected chi connectivity index (χ3v) is 6.84. The van der Waals surface area contributed by atoms with E-state index in [9.17, 15) is 8.42 Å². The summed E-state index contributed by atoms with van der Waals surface area (Å²) in [5.74, 6) is 0.352. The number of pyridine rings is 1. The zero-order valence-electron chi connectivity index (χ0n) is 15.7. The van der Waals surface area contributed by atoms with E-state index in [1.165, 1.54) is 12.0 Å². The molecule has 1 aromatic heterocycles. The van der Waals surface area contributed by atoms with Crippen LogP contribution in [0, 0.1) is 0 Å². The van der Waals surface area contributed by atoms with E-state index in [-0.39, 0.29) is 0 Å². The zero-order chi connectivity index (χ0) is 18.9. The molecule has 1 aliphatic heterocycles. The van der Waals surface area contributed by atoms with Crippen molar-refractivity contribution in [3.8, 4) is 0 Å². The highest BCUT2D eigenvalue weighted by Crippen LogP contribution is 2.25. The highest BCUT2D eigenvalue weighted by Gasteiger charge is 2.19. The molecular formula is C20H26N4O2S. The molecule has 1 aliphatic carbocycles. The number of nitrogens with one attached hydrogen (secondary N) is 1. The van der Waals surface area contributed by atoms with E-state index < -0.39 is 10.0 Å². The van der Waals surface area contributed by atoms with Crippen molar-refractivity contribution in [1.82, 2.24) is 9.88 Å². The molecule has 0 bridgehead atoms. The van der Waals surface area contributed by atoms with E-state index in [2.05, 4.69) is 26.6 Å². The lowest BCUT2D eigenvalue weighted by Crippen LogP contribution is -2.44. The molecule has 2 aliphatic rings. The first-order chi connectivity index (χ1) is 13.0. The Balaban J connectivity index is 1.48. The molecule has 0 saturated carbocycles. The summed E-state index contributed by atoms with van der Waals surface area (Å²) in [6.45, 7) is 3.95. The molecule has 2 heterocycles. The second-order valence-electron chi connectivity index (χ2n) is 7.44. The zero-order valence-corrected chi connectivity index (χ0v) is 16.5. The van der Waals surface area contributed by atoms with E-state index in [1.807, 2.05) is 18.2 Å². The molecule has 0 atom stereocenters. The number of hydrogen-bond donors (Lipinski definition) is 1. The summed E-state index contributed by atoms with van der Waals surface area (Å²) in [4.78, 5) is 9.21. The first-order valence-corrected chi connectivity index (χ1v) is 11.0. The predicted octanol–water partition coefficient (Wildman–Crippen LogP) is 2.51. The standard InChI is InChI=1S/C20H26N4O2S/c1-23-10-12-24(13-11-23)18-7-9-20(21-15-18)22-27(25,26)19-8-6-16-4-2-3-5-17(16)14-19/h6-9,14-15H,2-5,10-13H2,1H3,(H,21,22). The highest BCUT2D eigenvalue weighted by atomic mass is 32.2. The number of sulfonamides is 1. The van der Waals surface area contributed by atoms with Crippen LogP contribution in [0.5, 0.6) is 0 Å². The van der Waals surface area contributed by atoms with Crippen molar-refractivity contribution in [1.29, 1.82) is 0 Å². The molecule has 2 aromatic rings. The minimum absolute atomic E-state index is 0.313. The summed E-state index contributed by atoms with van der Waals surface area (Å²) in [5, 5.41) is 0. The van der Waals surface area contributed by atoms with Crippen LogP contribution in [-0.2, 0) is 22.9 Å². The molecule has 27 heavy (non-hydrogen) atoms. The molecule has 0 unspecified atom stereocenters. The molecule has 7 heteroatoms. The molecule has 1 saturated heterocycles. The minimum atomic E-state index is -3.62. The van der Waals surface area contributed by atoms with E-state index >= 15 is 0 Å². The predicted molar refractivity (Wildman–Crippen MR) is 108 cm³/mol. The smallest absolute Gasteiger partial charge is 0.263 e. The van der Waals surface area contributed by atoms with Crippen molar-refractivity contribution >= 4 is 21.5 Å². The maximum Gasteiger partial charge on any atom is 0.263 e. The van der Waals surface area contributed by atoms with Gasteiger partial charge in [-0.1, -0.05) is 6.07 Å². The Morgan fingerprint density at radius 2 is 1.70 bits per heavy atom. The Kier molecular flexibility index (Phi) is 5.06. The van der Waals surface area contributed by atoms with Gasteiger partial charge in [0.15, 0.2) is 0 Å². The fraction of sp³-hybridized carbons (Fsp3) is 0.450. The van der Waals surface area contributed by atoms with Crippen molar-refractivity contribution < 1.29 is 8.42 Å². The van der Waals surface area contributed by atoms with Gasteiger partial charge in [-0.15, -0.1) is 0 Å². The molecule has 4 rings (SSSR count). The number of rotatable bonds is 4. The van der Waals surface area contributed by atoms with Crippen LogP contribution in [0.25, 0.3) is 0 Å². The molecular weight excluding hydrogens is 360 g/mol. The second-order valence-corrected chi connectivity index (χ2v) is 9.12. The van der Waals surface area contributed by atoms with Crippen LogP contribution < -0.4 is 9.62 Å². The summed E-state index contributed by atoms with van der Waals surface area (Å²) in [6.07, 6.45) is 6.05. The van der Waals surface area contributed by atoms with Crippen molar-refractivity contribution in [2.75, 3.05) is 42.8 Å². The quantitative estimate of drug-likeness (QED) is 0.875.